The molecule has 24 heavy (non-hydrogen) atoms. The van der Waals surface area contributed by atoms with Gasteiger partial charge in [0.1, 0.15) is 0 Å². The van der Waals surface area contributed by atoms with Crippen LogP contribution < -0.4 is 5.73 Å². The molecule has 0 saturated carbocycles. The van der Waals surface area contributed by atoms with Gasteiger partial charge in [0.2, 0.25) is 0 Å². The summed E-state index contributed by atoms with van der Waals surface area (Å²) in [6, 6.07) is 0. The van der Waals surface area contributed by atoms with Crippen LogP contribution in [0.25, 0.3) is 0 Å². The molecule has 134 valence electrons. The zero-order valence-corrected chi connectivity index (χ0v) is 15.1. The number of aliphatic imine (C=N–C) groups is 1. The lowest BCUT2D eigenvalue weighted by Crippen LogP contribution is -2.36. The molecule has 0 aliphatic rings. The lowest BCUT2D eigenvalue weighted by molar-refractivity contribution is 0.521. The molecule has 0 rings (SSSR count). The van der Waals surface area contributed by atoms with E-state index in [1.54, 1.807) is 17.9 Å². The standard InChI is InChI=1S/C19H29F2N3/c1-6-10-17(20)18(21)11-13-24(19(22)23-12-7-2)16(9-4)14-15(5)8-3/h7,9-11,14H,2,6,8,12-13H2,1,3-5H3,(H2,22,23)/b15-14-,16-9+,17-10+,18-11+. The average Bonchev–Trinajstić information content (AvgIpc) is 2.58. The summed E-state index contributed by atoms with van der Waals surface area (Å²) in [4.78, 5) is 5.82. The van der Waals surface area contributed by atoms with Gasteiger partial charge in [0.25, 0.3) is 0 Å². The van der Waals surface area contributed by atoms with Crippen LogP contribution >= 0.6 is 0 Å². The Bertz CT molecular complexity index is 555. The normalized spacial score (nSPS) is 14.8. The van der Waals surface area contributed by atoms with Gasteiger partial charge in [0.15, 0.2) is 17.6 Å². The molecule has 0 aromatic carbocycles. The fraction of sp³-hybridized carbons (Fsp3) is 0.421. The van der Waals surface area contributed by atoms with Crippen molar-refractivity contribution < 1.29 is 8.78 Å². The van der Waals surface area contributed by atoms with Crippen LogP contribution in [0.5, 0.6) is 0 Å². The van der Waals surface area contributed by atoms with E-state index in [4.69, 9.17) is 5.73 Å². The summed E-state index contributed by atoms with van der Waals surface area (Å²) in [7, 11) is 0. The predicted molar refractivity (Wildman–Crippen MR) is 99.9 cm³/mol. The first-order chi connectivity index (χ1) is 11.4. The van der Waals surface area contributed by atoms with Crippen LogP contribution in [0.3, 0.4) is 0 Å². The number of hydrogen-bond acceptors (Lipinski definition) is 1. The number of halogens is 2. The van der Waals surface area contributed by atoms with Crippen molar-refractivity contribution in [2.45, 2.75) is 40.5 Å². The second kappa shape index (κ2) is 12.3. The monoisotopic (exact) mass is 337 g/mol. The van der Waals surface area contributed by atoms with Gasteiger partial charge >= 0.3 is 0 Å². The van der Waals surface area contributed by atoms with Crippen LogP contribution in [-0.2, 0) is 0 Å². The molecular weight excluding hydrogens is 308 g/mol. The summed E-state index contributed by atoms with van der Waals surface area (Å²) < 4.78 is 27.3. The van der Waals surface area contributed by atoms with Crippen molar-refractivity contribution in [1.29, 1.82) is 0 Å². The van der Waals surface area contributed by atoms with Crippen molar-refractivity contribution in [3.05, 3.63) is 59.9 Å². The third-order valence-electron chi connectivity index (χ3n) is 3.28. The van der Waals surface area contributed by atoms with Crippen molar-refractivity contribution in [3.63, 3.8) is 0 Å². The van der Waals surface area contributed by atoms with Gasteiger partial charge in [-0.1, -0.05) is 31.6 Å². The van der Waals surface area contributed by atoms with Crippen LogP contribution in [-0.4, -0.2) is 23.9 Å². The second-order valence-electron chi connectivity index (χ2n) is 5.17. The summed E-state index contributed by atoms with van der Waals surface area (Å²) in [6.07, 6.45) is 9.11. The van der Waals surface area contributed by atoms with Crippen molar-refractivity contribution in [1.82, 2.24) is 4.90 Å². The van der Waals surface area contributed by atoms with Gasteiger partial charge in [-0.05, 0) is 44.9 Å². The molecule has 0 radical (unpaired) electrons. The average molecular weight is 337 g/mol. The fourth-order valence-electron chi connectivity index (χ4n) is 1.79. The van der Waals surface area contributed by atoms with Crippen LogP contribution in [0.4, 0.5) is 8.78 Å². The molecule has 0 unspecified atom stereocenters. The number of rotatable bonds is 9. The SMILES string of the molecule is C=CCN=C(N)N(C/C=C(F)\C(F)=C/CC)C(/C=C(/C)CC)=C/C. The third-order valence-corrected chi connectivity index (χ3v) is 3.28. The molecule has 0 amide bonds. The molecule has 0 bridgehead atoms. The predicted octanol–water partition coefficient (Wildman–Crippen LogP) is 5.17. The maximum absolute atomic E-state index is 13.8. The Morgan fingerprint density at radius 2 is 1.83 bits per heavy atom. The van der Waals surface area contributed by atoms with Gasteiger partial charge in [0.05, 0.1) is 6.54 Å². The van der Waals surface area contributed by atoms with Gasteiger partial charge in [-0.15, -0.1) is 6.58 Å². The topological polar surface area (TPSA) is 41.6 Å². The molecule has 0 aliphatic carbocycles. The molecule has 0 aliphatic heterocycles. The molecule has 0 aromatic heterocycles. The van der Waals surface area contributed by atoms with E-state index in [9.17, 15) is 8.78 Å². The highest BCUT2D eigenvalue weighted by molar-refractivity contribution is 5.80. The Hall–Kier alpha value is -2.17. The van der Waals surface area contributed by atoms with Crippen LogP contribution in [0, 0.1) is 0 Å². The molecule has 0 atom stereocenters. The van der Waals surface area contributed by atoms with Gasteiger partial charge in [-0.2, -0.15) is 0 Å². The minimum atomic E-state index is -0.898. The van der Waals surface area contributed by atoms with E-state index in [1.165, 1.54) is 6.08 Å². The van der Waals surface area contributed by atoms with E-state index >= 15 is 0 Å². The van der Waals surface area contributed by atoms with E-state index in [1.807, 2.05) is 32.9 Å². The number of hydrogen-bond donors (Lipinski definition) is 1. The zero-order valence-electron chi connectivity index (χ0n) is 15.1. The summed E-state index contributed by atoms with van der Waals surface area (Å²) in [5.74, 6) is -1.53. The highest BCUT2D eigenvalue weighted by atomic mass is 19.2. The minimum absolute atomic E-state index is 0.0798. The Balaban J connectivity index is 5.61. The highest BCUT2D eigenvalue weighted by Crippen LogP contribution is 2.16. The number of allylic oxidation sites excluding steroid dienone is 6. The van der Waals surface area contributed by atoms with E-state index < -0.39 is 11.7 Å². The van der Waals surface area contributed by atoms with Crippen molar-refractivity contribution in [3.8, 4) is 0 Å². The van der Waals surface area contributed by atoms with Crippen LogP contribution in [0.15, 0.2) is 64.9 Å². The van der Waals surface area contributed by atoms with Gasteiger partial charge in [-0.25, -0.2) is 13.8 Å². The molecule has 0 heterocycles. The molecular formula is C19H29F2N3. The zero-order chi connectivity index (χ0) is 18.5. The maximum Gasteiger partial charge on any atom is 0.196 e. The lowest BCUT2D eigenvalue weighted by Gasteiger charge is -2.24. The van der Waals surface area contributed by atoms with E-state index in [-0.39, 0.29) is 12.5 Å². The second-order valence-corrected chi connectivity index (χ2v) is 5.17. The molecule has 0 saturated heterocycles. The molecule has 5 heteroatoms. The van der Waals surface area contributed by atoms with Gasteiger partial charge in [-0.3, -0.25) is 0 Å². The Morgan fingerprint density at radius 3 is 2.33 bits per heavy atom. The van der Waals surface area contributed by atoms with E-state index in [2.05, 4.69) is 11.6 Å². The van der Waals surface area contributed by atoms with Crippen molar-refractivity contribution in [2.75, 3.05) is 13.1 Å². The Kier molecular flexibility index (Phi) is 11.2. The molecule has 0 spiro atoms. The smallest absolute Gasteiger partial charge is 0.196 e. The highest BCUT2D eigenvalue weighted by Gasteiger charge is 2.12. The summed E-state index contributed by atoms with van der Waals surface area (Å²) in [6.45, 7) is 11.7. The Morgan fingerprint density at radius 1 is 1.21 bits per heavy atom. The first-order valence-corrected chi connectivity index (χ1v) is 8.14. The Labute approximate surface area is 144 Å². The quantitative estimate of drug-likeness (QED) is 0.273. The first-order valence-electron chi connectivity index (χ1n) is 8.14. The van der Waals surface area contributed by atoms with E-state index in [0.29, 0.717) is 13.0 Å². The summed E-state index contributed by atoms with van der Waals surface area (Å²) in [5, 5.41) is 0. The van der Waals surface area contributed by atoms with Gasteiger partial charge in [0, 0.05) is 12.2 Å². The molecule has 2 N–H and O–H groups in total. The number of guanidine groups is 1. The van der Waals surface area contributed by atoms with Crippen molar-refractivity contribution in [2.24, 2.45) is 10.7 Å². The lowest BCUT2D eigenvalue weighted by atomic mass is 10.2. The summed E-state index contributed by atoms with van der Waals surface area (Å²) in [5.41, 5.74) is 7.94. The third kappa shape index (κ3) is 7.90. The van der Waals surface area contributed by atoms with Crippen LogP contribution in [0.2, 0.25) is 0 Å². The number of nitrogens with zero attached hydrogens (tertiary/aromatic N) is 2. The largest absolute Gasteiger partial charge is 0.369 e. The minimum Gasteiger partial charge on any atom is -0.369 e. The first kappa shape index (κ1) is 21.8. The fourth-order valence-corrected chi connectivity index (χ4v) is 1.79. The molecule has 3 nitrogen and oxygen atoms in total. The molecule has 0 aromatic rings. The van der Waals surface area contributed by atoms with Gasteiger partial charge < -0.3 is 10.6 Å². The van der Waals surface area contributed by atoms with E-state index in [0.717, 1.165) is 23.8 Å². The number of nitrogens with two attached hydrogens (primary N) is 1. The molecule has 0 fully saturated rings. The van der Waals surface area contributed by atoms with Crippen LogP contribution in [0.1, 0.15) is 40.5 Å². The summed E-state index contributed by atoms with van der Waals surface area (Å²) >= 11 is 0. The maximum atomic E-state index is 13.8. The van der Waals surface area contributed by atoms with Crippen molar-refractivity contribution >= 4 is 5.96 Å².